The van der Waals surface area contributed by atoms with Gasteiger partial charge in [-0.3, -0.25) is 0 Å². The van der Waals surface area contributed by atoms with E-state index < -0.39 is 0 Å². The molecule has 21 heavy (non-hydrogen) atoms. The van der Waals surface area contributed by atoms with Crippen LogP contribution in [0.2, 0.25) is 0 Å². The Bertz CT molecular complexity index is 413. The molecule has 0 saturated carbocycles. The van der Waals surface area contributed by atoms with Crippen LogP contribution >= 0.6 is 0 Å². The van der Waals surface area contributed by atoms with Gasteiger partial charge in [0.15, 0.2) is 0 Å². The van der Waals surface area contributed by atoms with Crippen molar-refractivity contribution in [1.29, 1.82) is 0 Å². The minimum atomic E-state index is 0.473. The van der Waals surface area contributed by atoms with E-state index in [4.69, 9.17) is 4.74 Å². The molecule has 1 fully saturated rings. The van der Waals surface area contributed by atoms with Gasteiger partial charge >= 0.3 is 0 Å². The molecule has 1 aliphatic rings. The van der Waals surface area contributed by atoms with E-state index >= 15 is 0 Å². The lowest BCUT2D eigenvalue weighted by atomic mass is 9.98. The molecule has 0 aromatic heterocycles. The van der Waals surface area contributed by atoms with Gasteiger partial charge in [-0.2, -0.15) is 0 Å². The predicted octanol–water partition coefficient (Wildman–Crippen LogP) is 4.05. The van der Waals surface area contributed by atoms with Crippen LogP contribution in [0.1, 0.15) is 46.5 Å². The van der Waals surface area contributed by atoms with Crippen LogP contribution in [-0.4, -0.2) is 25.2 Å². The zero-order valence-electron chi connectivity index (χ0n) is 13.7. The van der Waals surface area contributed by atoms with E-state index in [0.717, 1.165) is 18.0 Å². The molecule has 0 spiro atoms. The third-order valence-corrected chi connectivity index (χ3v) is 3.88. The van der Waals surface area contributed by atoms with Crippen LogP contribution in [0.4, 0.5) is 5.69 Å². The maximum Gasteiger partial charge on any atom is 0.121 e. The van der Waals surface area contributed by atoms with Crippen molar-refractivity contribution >= 4 is 5.69 Å². The third kappa shape index (κ3) is 5.96. The van der Waals surface area contributed by atoms with Crippen LogP contribution in [0.15, 0.2) is 24.3 Å². The SMILES string of the molecule is CC(C)COc1cccc(NC(C)CC2CCCCN2)c1. The van der Waals surface area contributed by atoms with Crippen molar-refractivity contribution in [2.24, 2.45) is 5.92 Å². The highest BCUT2D eigenvalue weighted by molar-refractivity contribution is 5.48. The number of hydrogen-bond donors (Lipinski definition) is 2. The Kier molecular flexibility index (Phi) is 6.37. The molecule has 0 radical (unpaired) electrons. The zero-order valence-corrected chi connectivity index (χ0v) is 13.7. The molecule has 3 heteroatoms. The Morgan fingerprint density at radius 2 is 2.14 bits per heavy atom. The van der Waals surface area contributed by atoms with Gasteiger partial charge in [0.1, 0.15) is 5.75 Å². The molecule has 3 nitrogen and oxygen atoms in total. The fourth-order valence-electron chi connectivity index (χ4n) is 2.83. The normalized spacial score (nSPS) is 20.3. The Labute approximate surface area is 129 Å². The largest absolute Gasteiger partial charge is 0.493 e. The second-order valence-corrected chi connectivity index (χ2v) is 6.66. The number of ether oxygens (including phenoxy) is 1. The predicted molar refractivity (Wildman–Crippen MR) is 90.1 cm³/mol. The number of piperidine rings is 1. The molecule has 2 unspecified atom stereocenters. The maximum atomic E-state index is 5.79. The number of nitrogens with one attached hydrogen (secondary N) is 2. The topological polar surface area (TPSA) is 33.3 Å². The van der Waals surface area contributed by atoms with Gasteiger partial charge < -0.3 is 15.4 Å². The number of anilines is 1. The lowest BCUT2D eigenvalue weighted by Crippen LogP contribution is -2.37. The molecule has 0 bridgehead atoms. The van der Waals surface area contributed by atoms with E-state index in [1.165, 1.54) is 32.2 Å². The van der Waals surface area contributed by atoms with Crippen LogP contribution in [0.25, 0.3) is 0 Å². The lowest BCUT2D eigenvalue weighted by Gasteiger charge is -2.27. The van der Waals surface area contributed by atoms with E-state index in [-0.39, 0.29) is 0 Å². The minimum absolute atomic E-state index is 0.473. The Hall–Kier alpha value is -1.22. The molecule has 0 aliphatic carbocycles. The fraction of sp³-hybridized carbons (Fsp3) is 0.667. The summed E-state index contributed by atoms with van der Waals surface area (Å²) in [5.41, 5.74) is 1.15. The molecule has 1 heterocycles. The van der Waals surface area contributed by atoms with E-state index in [0.29, 0.717) is 18.0 Å². The van der Waals surface area contributed by atoms with E-state index in [9.17, 15) is 0 Å². The highest BCUT2D eigenvalue weighted by Crippen LogP contribution is 2.20. The lowest BCUT2D eigenvalue weighted by molar-refractivity contribution is 0.271. The number of benzene rings is 1. The summed E-state index contributed by atoms with van der Waals surface area (Å²) in [6.07, 6.45) is 5.18. The summed E-state index contributed by atoms with van der Waals surface area (Å²) < 4.78 is 5.79. The molecule has 118 valence electrons. The first-order chi connectivity index (χ1) is 10.1. The summed E-state index contributed by atoms with van der Waals surface area (Å²) in [6, 6.07) is 9.45. The van der Waals surface area contributed by atoms with Gasteiger partial charge in [0.05, 0.1) is 6.61 Å². The van der Waals surface area contributed by atoms with Gasteiger partial charge in [0, 0.05) is 23.8 Å². The van der Waals surface area contributed by atoms with Crippen molar-refractivity contribution < 1.29 is 4.74 Å². The second-order valence-electron chi connectivity index (χ2n) is 6.66. The molecule has 2 N–H and O–H groups in total. The van der Waals surface area contributed by atoms with Gasteiger partial charge in [-0.25, -0.2) is 0 Å². The van der Waals surface area contributed by atoms with Gasteiger partial charge in [-0.1, -0.05) is 26.3 Å². The number of rotatable bonds is 7. The Morgan fingerprint density at radius 1 is 1.29 bits per heavy atom. The second kappa shape index (κ2) is 8.28. The van der Waals surface area contributed by atoms with Gasteiger partial charge in [-0.05, 0) is 50.8 Å². The summed E-state index contributed by atoms with van der Waals surface area (Å²) >= 11 is 0. The van der Waals surface area contributed by atoms with Crippen molar-refractivity contribution in [1.82, 2.24) is 5.32 Å². The quantitative estimate of drug-likeness (QED) is 0.794. The first-order valence-corrected chi connectivity index (χ1v) is 8.36. The van der Waals surface area contributed by atoms with Crippen molar-refractivity contribution in [3.8, 4) is 5.75 Å². The maximum absolute atomic E-state index is 5.79. The van der Waals surface area contributed by atoms with Crippen molar-refractivity contribution in [2.75, 3.05) is 18.5 Å². The van der Waals surface area contributed by atoms with E-state index in [2.05, 4.69) is 49.6 Å². The number of hydrogen-bond acceptors (Lipinski definition) is 3. The molecule has 1 saturated heterocycles. The average Bonchev–Trinajstić information content (AvgIpc) is 2.46. The van der Waals surface area contributed by atoms with E-state index in [1.54, 1.807) is 0 Å². The molecule has 0 amide bonds. The van der Waals surface area contributed by atoms with Crippen molar-refractivity contribution in [3.05, 3.63) is 24.3 Å². The molecule has 2 rings (SSSR count). The highest BCUT2D eigenvalue weighted by Gasteiger charge is 2.15. The third-order valence-electron chi connectivity index (χ3n) is 3.88. The van der Waals surface area contributed by atoms with Crippen LogP contribution in [-0.2, 0) is 0 Å². The molecule has 1 aromatic rings. The monoisotopic (exact) mass is 290 g/mol. The van der Waals surface area contributed by atoms with Crippen LogP contribution < -0.4 is 15.4 Å². The smallest absolute Gasteiger partial charge is 0.121 e. The van der Waals surface area contributed by atoms with E-state index in [1.807, 2.05) is 6.07 Å². The highest BCUT2D eigenvalue weighted by atomic mass is 16.5. The van der Waals surface area contributed by atoms with Gasteiger partial charge in [0.2, 0.25) is 0 Å². The molecule has 1 aromatic carbocycles. The summed E-state index contributed by atoms with van der Waals surface area (Å²) in [4.78, 5) is 0. The van der Waals surface area contributed by atoms with Crippen LogP contribution in [0.5, 0.6) is 5.75 Å². The van der Waals surface area contributed by atoms with Crippen LogP contribution in [0.3, 0.4) is 0 Å². The van der Waals surface area contributed by atoms with Gasteiger partial charge in [-0.15, -0.1) is 0 Å². The summed E-state index contributed by atoms with van der Waals surface area (Å²) in [6.45, 7) is 8.54. The summed E-state index contributed by atoms with van der Waals surface area (Å²) in [5.74, 6) is 1.51. The minimum Gasteiger partial charge on any atom is -0.493 e. The Balaban J connectivity index is 1.82. The van der Waals surface area contributed by atoms with Crippen LogP contribution in [0, 0.1) is 5.92 Å². The summed E-state index contributed by atoms with van der Waals surface area (Å²) in [7, 11) is 0. The zero-order chi connectivity index (χ0) is 15.1. The van der Waals surface area contributed by atoms with Crippen molar-refractivity contribution in [3.63, 3.8) is 0 Å². The molecule has 1 aliphatic heterocycles. The average molecular weight is 290 g/mol. The first kappa shape index (κ1) is 16.2. The van der Waals surface area contributed by atoms with Gasteiger partial charge in [0.25, 0.3) is 0 Å². The fourth-order valence-corrected chi connectivity index (χ4v) is 2.83. The van der Waals surface area contributed by atoms with Crippen molar-refractivity contribution in [2.45, 2.75) is 58.5 Å². The molecular formula is C18H30N2O. The molecular weight excluding hydrogens is 260 g/mol. The first-order valence-electron chi connectivity index (χ1n) is 8.36. The Morgan fingerprint density at radius 3 is 2.86 bits per heavy atom. The molecule has 2 atom stereocenters. The summed E-state index contributed by atoms with van der Waals surface area (Å²) in [5, 5.41) is 7.21. The standard InChI is InChI=1S/C18H30N2O/c1-14(2)13-21-18-9-6-8-17(12-18)20-15(3)11-16-7-4-5-10-19-16/h6,8-9,12,14-16,19-20H,4-5,7,10-11,13H2,1-3H3.